The zero-order valence-electron chi connectivity index (χ0n) is 7.95. The molecular formula is C9H17NO2. The van der Waals surface area contributed by atoms with Crippen LogP contribution in [0.2, 0.25) is 0 Å². The van der Waals surface area contributed by atoms with Gasteiger partial charge in [-0.1, -0.05) is 13.0 Å². The van der Waals surface area contributed by atoms with Gasteiger partial charge in [0.05, 0.1) is 0 Å². The maximum absolute atomic E-state index is 10.7. The third-order valence-electron chi connectivity index (χ3n) is 2.15. The summed E-state index contributed by atoms with van der Waals surface area (Å²) in [6, 6.07) is -0.302. The molecule has 2 unspecified atom stereocenters. The van der Waals surface area contributed by atoms with E-state index in [0.29, 0.717) is 6.42 Å². The molecule has 0 radical (unpaired) electrons. The van der Waals surface area contributed by atoms with Crippen molar-refractivity contribution in [3.63, 3.8) is 0 Å². The summed E-state index contributed by atoms with van der Waals surface area (Å²) in [5.41, 5.74) is 0. The molecule has 0 aliphatic rings. The summed E-state index contributed by atoms with van der Waals surface area (Å²) in [5, 5.41) is 8.81. The van der Waals surface area contributed by atoms with Crippen molar-refractivity contribution in [2.75, 3.05) is 7.05 Å². The summed E-state index contributed by atoms with van der Waals surface area (Å²) in [6.07, 6.45) is 2.36. The summed E-state index contributed by atoms with van der Waals surface area (Å²) < 4.78 is 0. The molecular weight excluding hydrogens is 154 g/mol. The van der Waals surface area contributed by atoms with Crippen LogP contribution in [-0.4, -0.2) is 35.1 Å². The van der Waals surface area contributed by atoms with E-state index in [0.717, 1.165) is 0 Å². The van der Waals surface area contributed by atoms with Gasteiger partial charge in [0.15, 0.2) is 0 Å². The Balaban J connectivity index is 4.29. The Kier molecular flexibility index (Phi) is 4.59. The van der Waals surface area contributed by atoms with E-state index in [2.05, 4.69) is 6.58 Å². The van der Waals surface area contributed by atoms with Crippen molar-refractivity contribution in [2.24, 2.45) is 0 Å². The zero-order valence-corrected chi connectivity index (χ0v) is 7.95. The first-order valence-electron chi connectivity index (χ1n) is 4.11. The summed E-state index contributed by atoms with van der Waals surface area (Å²) in [4.78, 5) is 12.5. The molecule has 0 aromatic carbocycles. The van der Waals surface area contributed by atoms with Crippen molar-refractivity contribution < 1.29 is 9.90 Å². The molecule has 0 heterocycles. The number of hydrogen-bond donors (Lipinski definition) is 1. The van der Waals surface area contributed by atoms with E-state index in [1.54, 1.807) is 18.0 Å². The van der Waals surface area contributed by atoms with E-state index in [4.69, 9.17) is 5.11 Å². The van der Waals surface area contributed by atoms with Gasteiger partial charge in [-0.3, -0.25) is 9.69 Å². The number of carbonyl (C=O) groups is 1. The lowest BCUT2D eigenvalue weighted by molar-refractivity contribution is -0.143. The molecule has 0 bridgehead atoms. The summed E-state index contributed by atoms with van der Waals surface area (Å²) in [5.74, 6) is -0.770. The average molecular weight is 171 g/mol. The first-order chi connectivity index (χ1) is 5.54. The molecule has 0 fully saturated rings. The third kappa shape index (κ3) is 2.66. The van der Waals surface area contributed by atoms with Crippen molar-refractivity contribution in [2.45, 2.75) is 32.4 Å². The Morgan fingerprint density at radius 1 is 1.75 bits per heavy atom. The number of likely N-dealkylation sites (N-methyl/N-ethyl adjacent to an activating group) is 1. The summed E-state index contributed by atoms with van der Waals surface area (Å²) in [7, 11) is 1.80. The van der Waals surface area contributed by atoms with Crippen molar-refractivity contribution in [3.8, 4) is 0 Å². The second-order valence-corrected chi connectivity index (χ2v) is 2.90. The van der Waals surface area contributed by atoms with Crippen LogP contribution in [0.3, 0.4) is 0 Å². The standard InChI is InChI=1S/C9H17NO2/c1-5-7(3)10(4)8(6-2)9(11)12/h5,7-8H,1,6H2,2-4H3,(H,11,12). The normalized spacial score (nSPS) is 15.7. The lowest BCUT2D eigenvalue weighted by Gasteiger charge is -2.27. The van der Waals surface area contributed by atoms with Crippen LogP contribution in [0, 0.1) is 0 Å². The molecule has 0 spiro atoms. The number of carboxylic acids is 1. The highest BCUT2D eigenvalue weighted by Gasteiger charge is 2.22. The fourth-order valence-electron chi connectivity index (χ4n) is 1.09. The van der Waals surface area contributed by atoms with E-state index >= 15 is 0 Å². The lowest BCUT2D eigenvalue weighted by atomic mass is 10.1. The van der Waals surface area contributed by atoms with Crippen LogP contribution in [0.4, 0.5) is 0 Å². The molecule has 0 aromatic heterocycles. The first-order valence-corrected chi connectivity index (χ1v) is 4.11. The van der Waals surface area contributed by atoms with Gasteiger partial charge in [-0.05, 0) is 20.4 Å². The van der Waals surface area contributed by atoms with Crippen LogP contribution >= 0.6 is 0 Å². The topological polar surface area (TPSA) is 40.5 Å². The zero-order chi connectivity index (χ0) is 9.72. The molecule has 0 saturated heterocycles. The highest BCUT2D eigenvalue weighted by Crippen LogP contribution is 2.06. The molecule has 70 valence electrons. The van der Waals surface area contributed by atoms with Crippen LogP contribution in [0.1, 0.15) is 20.3 Å². The highest BCUT2D eigenvalue weighted by atomic mass is 16.4. The molecule has 0 aromatic rings. The largest absolute Gasteiger partial charge is 0.480 e. The van der Waals surface area contributed by atoms with E-state index in [1.807, 2.05) is 13.8 Å². The molecule has 3 heteroatoms. The molecule has 3 nitrogen and oxygen atoms in total. The second kappa shape index (κ2) is 4.93. The van der Waals surface area contributed by atoms with Gasteiger partial charge in [-0.25, -0.2) is 0 Å². The molecule has 0 amide bonds. The quantitative estimate of drug-likeness (QED) is 0.635. The Labute approximate surface area is 73.7 Å². The molecule has 0 aliphatic carbocycles. The van der Waals surface area contributed by atoms with Crippen molar-refractivity contribution in [3.05, 3.63) is 12.7 Å². The van der Waals surface area contributed by atoms with E-state index in [9.17, 15) is 4.79 Å². The Hall–Kier alpha value is -0.830. The van der Waals surface area contributed by atoms with Gasteiger partial charge in [0.1, 0.15) is 6.04 Å². The van der Waals surface area contributed by atoms with Gasteiger partial charge in [0.2, 0.25) is 0 Å². The third-order valence-corrected chi connectivity index (χ3v) is 2.15. The van der Waals surface area contributed by atoms with Crippen LogP contribution in [-0.2, 0) is 4.79 Å². The van der Waals surface area contributed by atoms with Crippen LogP contribution < -0.4 is 0 Å². The van der Waals surface area contributed by atoms with Gasteiger partial charge < -0.3 is 5.11 Å². The van der Waals surface area contributed by atoms with Crippen LogP contribution in [0.5, 0.6) is 0 Å². The Bertz CT molecular complexity index is 168. The smallest absolute Gasteiger partial charge is 0.320 e. The monoisotopic (exact) mass is 171 g/mol. The lowest BCUT2D eigenvalue weighted by Crippen LogP contribution is -2.42. The fraction of sp³-hybridized carbons (Fsp3) is 0.667. The molecule has 12 heavy (non-hydrogen) atoms. The van der Waals surface area contributed by atoms with Gasteiger partial charge in [-0.2, -0.15) is 0 Å². The fourth-order valence-corrected chi connectivity index (χ4v) is 1.09. The molecule has 0 saturated carbocycles. The van der Waals surface area contributed by atoms with Gasteiger partial charge in [0.25, 0.3) is 0 Å². The number of aliphatic carboxylic acids is 1. The van der Waals surface area contributed by atoms with E-state index < -0.39 is 12.0 Å². The predicted molar refractivity (Wildman–Crippen MR) is 49.1 cm³/mol. The molecule has 2 atom stereocenters. The number of rotatable bonds is 5. The van der Waals surface area contributed by atoms with Gasteiger partial charge in [0, 0.05) is 6.04 Å². The highest BCUT2D eigenvalue weighted by molar-refractivity contribution is 5.73. The van der Waals surface area contributed by atoms with Crippen molar-refractivity contribution >= 4 is 5.97 Å². The van der Waals surface area contributed by atoms with Crippen molar-refractivity contribution in [1.29, 1.82) is 0 Å². The number of carboxylic acid groups (broad SMARTS) is 1. The number of nitrogens with zero attached hydrogens (tertiary/aromatic N) is 1. The maximum Gasteiger partial charge on any atom is 0.320 e. The van der Waals surface area contributed by atoms with Gasteiger partial charge >= 0.3 is 5.97 Å². The Morgan fingerprint density at radius 3 is 2.50 bits per heavy atom. The van der Waals surface area contributed by atoms with Crippen molar-refractivity contribution in [1.82, 2.24) is 4.90 Å². The summed E-state index contributed by atoms with van der Waals surface area (Å²) in [6.45, 7) is 7.42. The second-order valence-electron chi connectivity index (χ2n) is 2.90. The Morgan fingerprint density at radius 2 is 2.25 bits per heavy atom. The molecule has 0 aliphatic heterocycles. The van der Waals surface area contributed by atoms with Crippen LogP contribution in [0.15, 0.2) is 12.7 Å². The van der Waals surface area contributed by atoms with Gasteiger partial charge in [-0.15, -0.1) is 6.58 Å². The minimum atomic E-state index is -0.770. The minimum Gasteiger partial charge on any atom is -0.480 e. The summed E-state index contributed by atoms with van der Waals surface area (Å²) >= 11 is 0. The SMILES string of the molecule is C=CC(C)N(C)C(CC)C(=O)O. The van der Waals surface area contributed by atoms with E-state index in [1.165, 1.54) is 0 Å². The van der Waals surface area contributed by atoms with Crippen LogP contribution in [0.25, 0.3) is 0 Å². The minimum absolute atomic E-state index is 0.103. The maximum atomic E-state index is 10.7. The number of hydrogen-bond acceptors (Lipinski definition) is 2. The average Bonchev–Trinajstić information content (AvgIpc) is 2.03. The first kappa shape index (κ1) is 11.2. The molecule has 1 N–H and O–H groups in total. The van der Waals surface area contributed by atoms with E-state index in [-0.39, 0.29) is 6.04 Å². The molecule has 0 rings (SSSR count). The predicted octanol–water partition coefficient (Wildman–Crippen LogP) is 1.36.